The van der Waals surface area contributed by atoms with Gasteiger partial charge in [0.15, 0.2) is 11.5 Å². The van der Waals surface area contributed by atoms with Gasteiger partial charge in [-0.1, -0.05) is 32.8 Å². The van der Waals surface area contributed by atoms with E-state index in [1.54, 1.807) is 19.2 Å². The number of methoxy groups -OCH3 is 1. The number of likely N-dealkylation sites (N-methyl/N-ethyl adjacent to an activating group) is 1. The van der Waals surface area contributed by atoms with Gasteiger partial charge >= 0.3 is 0 Å². The maximum Gasteiger partial charge on any atom is 0.160 e. The quantitative estimate of drug-likeness (QED) is 0.666. The molecule has 1 aliphatic carbocycles. The average Bonchev–Trinajstić information content (AvgIpc) is 2.66. The summed E-state index contributed by atoms with van der Waals surface area (Å²) < 4.78 is 11.3. The monoisotopic (exact) mass is 365 g/mol. The van der Waals surface area contributed by atoms with E-state index in [1.807, 2.05) is 13.0 Å². The molecule has 0 bridgehead atoms. The van der Waals surface area contributed by atoms with Crippen LogP contribution in [0.1, 0.15) is 51.5 Å². The number of aliphatic hydroxyl groups excluding tert-OH is 1. The largest absolute Gasteiger partial charge is 0.504 e. The van der Waals surface area contributed by atoms with Crippen LogP contribution >= 0.6 is 0 Å². The Kier molecular flexibility index (Phi) is 8.69. The summed E-state index contributed by atoms with van der Waals surface area (Å²) in [5.74, 6) is 0.668. The van der Waals surface area contributed by atoms with Crippen molar-refractivity contribution in [1.82, 2.24) is 4.90 Å². The Labute approximate surface area is 157 Å². The van der Waals surface area contributed by atoms with Gasteiger partial charge in [0.2, 0.25) is 0 Å². The molecule has 0 aromatic heterocycles. The fourth-order valence-corrected chi connectivity index (χ4v) is 3.81. The minimum atomic E-state index is -0.264. The van der Waals surface area contributed by atoms with Gasteiger partial charge in [0.25, 0.3) is 0 Å². The molecule has 1 aromatic carbocycles. The van der Waals surface area contributed by atoms with Crippen LogP contribution in [-0.4, -0.2) is 60.2 Å². The summed E-state index contributed by atoms with van der Waals surface area (Å²) >= 11 is 0. The lowest BCUT2D eigenvalue weighted by Crippen LogP contribution is -2.49. The molecule has 0 aliphatic heterocycles. The first-order valence-electron chi connectivity index (χ1n) is 9.98. The molecule has 0 heterocycles. The Hall–Kier alpha value is -1.30. The van der Waals surface area contributed by atoms with Crippen LogP contribution in [0.15, 0.2) is 18.2 Å². The van der Waals surface area contributed by atoms with Crippen LogP contribution in [0.4, 0.5) is 0 Å². The number of phenols is 1. The maximum absolute atomic E-state index is 10.1. The summed E-state index contributed by atoms with van der Waals surface area (Å²) in [5.41, 5.74) is 1.05. The first kappa shape index (κ1) is 21.0. The lowest BCUT2D eigenvalue weighted by atomic mass is 9.90. The van der Waals surface area contributed by atoms with Crippen LogP contribution in [0.5, 0.6) is 11.5 Å². The number of benzene rings is 1. The molecule has 26 heavy (non-hydrogen) atoms. The highest BCUT2D eigenvalue weighted by molar-refractivity contribution is 5.41. The molecule has 0 saturated heterocycles. The fourth-order valence-electron chi connectivity index (χ4n) is 3.81. The van der Waals surface area contributed by atoms with Crippen molar-refractivity contribution in [3.8, 4) is 11.5 Å². The van der Waals surface area contributed by atoms with Crippen molar-refractivity contribution >= 4 is 0 Å². The molecule has 1 aromatic rings. The predicted molar refractivity (Wildman–Crippen MR) is 104 cm³/mol. The van der Waals surface area contributed by atoms with E-state index in [9.17, 15) is 10.2 Å². The van der Waals surface area contributed by atoms with Crippen LogP contribution in [0.3, 0.4) is 0 Å². The van der Waals surface area contributed by atoms with Gasteiger partial charge in [-0.2, -0.15) is 0 Å². The molecule has 1 saturated carbocycles. The number of rotatable bonds is 10. The number of phenolic OH excluding ortho intramolecular Hbond substituents is 1. The molecule has 5 heteroatoms. The van der Waals surface area contributed by atoms with Crippen LogP contribution in [0, 0.1) is 0 Å². The fraction of sp³-hybridized carbons (Fsp3) is 0.714. The van der Waals surface area contributed by atoms with Crippen molar-refractivity contribution < 1.29 is 19.7 Å². The molecule has 5 nitrogen and oxygen atoms in total. The van der Waals surface area contributed by atoms with E-state index in [0.29, 0.717) is 18.4 Å². The number of aromatic hydroxyl groups is 1. The van der Waals surface area contributed by atoms with Gasteiger partial charge in [-0.3, -0.25) is 4.90 Å². The van der Waals surface area contributed by atoms with Crippen LogP contribution in [0.25, 0.3) is 0 Å². The predicted octanol–water partition coefficient (Wildman–Crippen LogP) is 3.36. The molecule has 0 amide bonds. The highest BCUT2D eigenvalue weighted by Gasteiger charge is 2.30. The smallest absolute Gasteiger partial charge is 0.160 e. The summed E-state index contributed by atoms with van der Waals surface area (Å²) in [6, 6.07) is 5.89. The highest BCUT2D eigenvalue weighted by atomic mass is 16.5. The van der Waals surface area contributed by atoms with E-state index in [2.05, 4.69) is 11.8 Å². The summed E-state index contributed by atoms with van der Waals surface area (Å²) in [7, 11) is 1.55. The third kappa shape index (κ3) is 5.86. The Balaban J connectivity index is 1.90. The third-order valence-electron chi connectivity index (χ3n) is 5.43. The minimum absolute atomic E-state index is 0.172. The summed E-state index contributed by atoms with van der Waals surface area (Å²) in [6.07, 6.45) is 6.17. The molecule has 148 valence electrons. The minimum Gasteiger partial charge on any atom is -0.504 e. The van der Waals surface area contributed by atoms with E-state index in [4.69, 9.17) is 9.47 Å². The van der Waals surface area contributed by atoms with Gasteiger partial charge in [0, 0.05) is 12.6 Å². The second-order valence-corrected chi connectivity index (χ2v) is 7.17. The van der Waals surface area contributed by atoms with E-state index >= 15 is 0 Å². The van der Waals surface area contributed by atoms with Crippen LogP contribution < -0.4 is 4.74 Å². The van der Waals surface area contributed by atoms with Gasteiger partial charge in [-0.05, 0) is 49.9 Å². The number of nitrogens with zero attached hydrogens (tertiary/aromatic N) is 1. The summed E-state index contributed by atoms with van der Waals surface area (Å²) in [6.45, 7) is 6.49. The molecule has 0 radical (unpaired) electrons. The number of hydrogen-bond donors (Lipinski definition) is 2. The Morgan fingerprint density at radius 1 is 1.23 bits per heavy atom. The molecule has 1 fully saturated rings. The number of aliphatic hydroxyl groups is 1. The first-order valence-corrected chi connectivity index (χ1v) is 9.98. The topological polar surface area (TPSA) is 62.2 Å². The van der Waals surface area contributed by atoms with Crippen molar-refractivity contribution in [2.24, 2.45) is 0 Å². The normalized spacial score (nSPS) is 21.7. The average molecular weight is 366 g/mol. The molecule has 2 N–H and O–H groups in total. The molecular weight excluding hydrogens is 330 g/mol. The van der Waals surface area contributed by atoms with E-state index < -0.39 is 0 Å². The van der Waals surface area contributed by atoms with Gasteiger partial charge in [0.05, 0.1) is 25.9 Å². The Morgan fingerprint density at radius 2 is 2.00 bits per heavy atom. The van der Waals surface area contributed by atoms with Crippen molar-refractivity contribution in [1.29, 1.82) is 0 Å². The van der Waals surface area contributed by atoms with E-state index in [-0.39, 0.29) is 18.0 Å². The van der Waals surface area contributed by atoms with Gasteiger partial charge in [-0.15, -0.1) is 0 Å². The van der Waals surface area contributed by atoms with Crippen molar-refractivity contribution in [3.63, 3.8) is 0 Å². The zero-order valence-electron chi connectivity index (χ0n) is 16.5. The van der Waals surface area contributed by atoms with Crippen molar-refractivity contribution in [2.75, 3.05) is 26.8 Å². The van der Waals surface area contributed by atoms with Crippen LogP contribution in [0.2, 0.25) is 0 Å². The van der Waals surface area contributed by atoms with E-state index in [1.165, 1.54) is 12.8 Å². The molecular formula is C21H35NO4. The lowest BCUT2D eigenvalue weighted by Gasteiger charge is -2.40. The first-order chi connectivity index (χ1) is 12.6. The number of hydrogen-bond acceptors (Lipinski definition) is 5. The standard InChI is InChI=1S/C21H35NO4/c1-4-17(23)15-22(5-2)18-8-6-7-9-20(18)26-13-12-16-10-11-21(25-3)19(24)14-16/h10-11,14,17-18,20,23-24H,4-9,12-13,15H2,1-3H3/t17-,18-,20-/m1/s1. The Morgan fingerprint density at radius 3 is 2.65 bits per heavy atom. The number of ether oxygens (including phenoxy) is 2. The molecule has 2 rings (SSSR count). The van der Waals surface area contributed by atoms with E-state index in [0.717, 1.165) is 44.3 Å². The van der Waals surface area contributed by atoms with Crippen molar-refractivity contribution in [2.45, 2.75) is 70.6 Å². The zero-order valence-corrected chi connectivity index (χ0v) is 16.5. The maximum atomic E-state index is 10.1. The lowest BCUT2D eigenvalue weighted by molar-refractivity contribution is -0.0443. The molecule has 0 spiro atoms. The molecule has 0 unspecified atom stereocenters. The third-order valence-corrected chi connectivity index (χ3v) is 5.43. The highest BCUT2D eigenvalue weighted by Crippen LogP contribution is 2.28. The Bertz CT molecular complexity index is 537. The SMILES string of the molecule is CC[C@@H](O)CN(CC)[C@@H]1CCCC[C@H]1OCCc1ccc(OC)c(O)c1. The zero-order chi connectivity index (χ0) is 18.9. The molecule has 3 atom stereocenters. The van der Waals surface area contributed by atoms with Crippen LogP contribution in [-0.2, 0) is 11.2 Å². The van der Waals surface area contributed by atoms with Crippen molar-refractivity contribution in [3.05, 3.63) is 23.8 Å². The molecule has 1 aliphatic rings. The summed E-state index contributed by atoms with van der Waals surface area (Å²) in [5, 5.41) is 20.0. The second-order valence-electron chi connectivity index (χ2n) is 7.17. The summed E-state index contributed by atoms with van der Waals surface area (Å²) in [4.78, 5) is 2.39. The van der Waals surface area contributed by atoms with Gasteiger partial charge in [0.1, 0.15) is 0 Å². The second kappa shape index (κ2) is 10.8. The van der Waals surface area contributed by atoms with Gasteiger partial charge in [-0.25, -0.2) is 0 Å². The van der Waals surface area contributed by atoms with Gasteiger partial charge < -0.3 is 19.7 Å².